The maximum absolute atomic E-state index is 5.36. The molecule has 0 unspecified atom stereocenters. The summed E-state index contributed by atoms with van der Waals surface area (Å²) in [6, 6.07) is 22.4. The Bertz CT molecular complexity index is 1400. The van der Waals surface area contributed by atoms with E-state index in [1.165, 1.54) is 0 Å². The van der Waals surface area contributed by atoms with Crippen LogP contribution in [0.1, 0.15) is 11.1 Å². The average molecular weight is 425 g/mol. The molecular weight excluding hydrogens is 402 g/mol. The molecule has 0 bridgehead atoms. The van der Waals surface area contributed by atoms with Crippen LogP contribution in [-0.4, -0.2) is 34.0 Å². The number of para-hydroxylation sites is 1. The predicted molar refractivity (Wildman–Crippen MR) is 125 cm³/mol. The van der Waals surface area contributed by atoms with E-state index in [9.17, 15) is 0 Å². The molecule has 0 aliphatic heterocycles. The molecule has 7 heteroatoms. The molecule has 160 valence electrons. The zero-order valence-electron chi connectivity index (χ0n) is 17.9. The van der Waals surface area contributed by atoms with Gasteiger partial charge in [0.2, 0.25) is 5.88 Å². The summed E-state index contributed by atoms with van der Waals surface area (Å²) in [7, 11) is 3.31. The van der Waals surface area contributed by atoms with Crippen LogP contribution in [0, 0.1) is 0 Å². The number of fused-ring (bicyclic) bond motifs is 2. The Labute approximate surface area is 185 Å². The molecule has 0 aliphatic carbocycles. The molecule has 7 nitrogen and oxygen atoms in total. The third-order valence-electron chi connectivity index (χ3n) is 5.47. The lowest BCUT2D eigenvalue weighted by atomic mass is 10.1. The molecule has 2 aromatic heterocycles. The highest BCUT2D eigenvalue weighted by atomic mass is 16.5. The van der Waals surface area contributed by atoms with Gasteiger partial charge in [-0.25, -0.2) is 4.98 Å². The van der Waals surface area contributed by atoms with Crippen molar-refractivity contribution in [2.24, 2.45) is 0 Å². The van der Waals surface area contributed by atoms with Crippen molar-refractivity contribution in [2.45, 2.75) is 13.2 Å². The second kappa shape index (κ2) is 8.64. The van der Waals surface area contributed by atoms with Crippen LogP contribution in [-0.2, 0) is 17.9 Å². The van der Waals surface area contributed by atoms with Gasteiger partial charge in [0.05, 0.1) is 30.4 Å². The first-order valence-electron chi connectivity index (χ1n) is 10.3. The minimum Gasteiger partial charge on any atom is -0.479 e. The monoisotopic (exact) mass is 425 g/mol. The summed E-state index contributed by atoms with van der Waals surface area (Å²) in [5.74, 6) is 1.24. The van der Waals surface area contributed by atoms with Crippen LogP contribution in [0.4, 0.5) is 5.82 Å². The molecule has 0 amide bonds. The SMILES string of the molecule is COCc1ccccc1-n1cnc2cc(CNc3nnc(OC)c4ccccc34)ccc21. The van der Waals surface area contributed by atoms with E-state index < -0.39 is 0 Å². The molecule has 2 heterocycles. The summed E-state index contributed by atoms with van der Waals surface area (Å²) in [5.41, 5.74) is 5.27. The van der Waals surface area contributed by atoms with Gasteiger partial charge in [-0.05, 0) is 29.8 Å². The molecule has 5 aromatic rings. The Morgan fingerprint density at radius 2 is 1.72 bits per heavy atom. The van der Waals surface area contributed by atoms with Crippen LogP contribution in [0.25, 0.3) is 27.5 Å². The van der Waals surface area contributed by atoms with Crippen molar-refractivity contribution < 1.29 is 9.47 Å². The number of benzene rings is 3. The minimum atomic E-state index is 0.520. The van der Waals surface area contributed by atoms with Crippen LogP contribution < -0.4 is 10.1 Å². The minimum absolute atomic E-state index is 0.520. The van der Waals surface area contributed by atoms with Crippen LogP contribution in [0.5, 0.6) is 5.88 Å². The second-order valence-electron chi connectivity index (χ2n) is 7.46. The van der Waals surface area contributed by atoms with Gasteiger partial charge in [-0.15, -0.1) is 10.2 Å². The zero-order valence-corrected chi connectivity index (χ0v) is 17.9. The molecular formula is C25H23N5O2. The number of methoxy groups -OCH3 is 2. The van der Waals surface area contributed by atoms with Crippen molar-refractivity contribution in [3.8, 4) is 11.6 Å². The van der Waals surface area contributed by atoms with Gasteiger partial charge in [-0.1, -0.05) is 42.5 Å². The summed E-state index contributed by atoms with van der Waals surface area (Å²) in [5, 5.41) is 13.8. The lowest BCUT2D eigenvalue weighted by molar-refractivity contribution is 0.185. The van der Waals surface area contributed by atoms with E-state index in [-0.39, 0.29) is 0 Å². The van der Waals surface area contributed by atoms with Crippen molar-refractivity contribution in [1.29, 1.82) is 0 Å². The predicted octanol–water partition coefficient (Wildman–Crippen LogP) is 4.74. The van der Waals surface area contributed by atoms with Gasteiger partial charge < -0.3 is 14.8 Å². The molecule has 0 saturated heterocycles. The van der Waals surface area contributed by atoms with E-state index in [4.69, 9.17) is 9.47 Å². The van der Waals surface area contributed by atoms with E-state index in [2.05, 4.69) is 55.4 Å². The Balaban J connectivity index is 1.42. The summed E-state index contributed by atoms with van der Waals surface area (Å²) >= 11 is 0. The molecule has 0 atom stereocenters. The lowest BCUT2D eigenvalue weighted by Crippen LogP contribution is -2.04. The largest absolute Gasteiger partial charge is 0.479 e. The third kappa shape index (κ3) is 3.63. The zero-order chi connectivity index (χ0) is 21.9. The molecule has 0 saturated carbocycles. The smallest absolute Gasteiger partial charge is 0.241 e. The first kappa shape index (κ1) is 20.0. The number of hydrogen-bond donors (Lipinski definition) is 1. The number of nitrogens with one attached hydrogen (secondary N) is 1. The highest BCUT2D eigenvalue weighted by Gasteiger charge is 2.11. The fourth-order valence-electron chi connectivity index (χ4n) is 3.93. The third-order valence-corrected chi connectivity index (χ3v) is 5.47. The number of nitrogens with zero attached hydrogens (tertiary/aromatic N) is 4. The van der Waals surface area contributed by atoms with Crippen molar-refractivity contribution in [3.63, 3.8) is 0 Å². The molecule has 3 aromatic carbocycles. The van der Waals surface area contributed by atoms with Gasteiger partial charge in [0.15, 0.2) is 5.82 Å². The van der Waals surface area contributed by atoms with Gasteiger partial charge in [-0.3, -0.25) is 4.57 Å². The maximum atomic E-state index is 5.36. The van der Waals surface area contributed by atoms with Crippen LogP contribution in [0.3, 0.4) is 0 Å². The van der Waals surface area contributed by atoms with Crippen molar-refractivity contribution in [3.05, 3.63) is 84.2 Å². The Morgan fingerprint density at radius 3 is 2.56 bits per heavy atom. The molecule has 0 radical (unpaired) electrons. The summed E-state index contributed by atoms with van der Waals surface area (Å²) < 4.78 is 12.8. The highest BCUT2D eigenvalue weighted by Crippen LogP contribution is 2.28. The summed E-state index contributed by atoms with van der Waals surface area (Å²) in [6.07, 6.45) is 1.86. The standard InChI is InChI=1S/C25H23N5O2/c1-31-15-18-7-3-6-10-22(18)30-16-27-21-13-17(11-12-23(21)30)14-26-24-19-8-4-5-9-20(19)25(32-2)29-28-24/h3-13,16H,14-15H2,1-2H3,(H,26,28). The second-order valence-corrected chi connectivity index (χ2v) is 7.46. The number of imidazole rings is 1. The summed E-state index contributed by atoms with van der Waals surface area (Å²) in [6.45, 7) is 1.16. The summed E-state index contributed by atoms with van der Waals surface area (Å²) in [4.78, 5) is 4.63. The van der Waals surface area contributed by atoms with Crippen molar-refractivity contribution >= 4 is 27.6 Å². The van der Waals surface area contributed by atoms with Gasteiger partial charge in [0, 0.05) is 30.0 Å². The normalized spacial score (nSPS) is 11.2. The molecule has 32 heavy (non-hydrogen) atoms. The fourth-order valence-corrected chi connectivity index (χ4v) is 3.93. The van der Waals surface area contributed by atoms with Crippen molar-refractivity contribution in [2.75, 3.05) is 19.5 Å². The number of rotatable bonds is 7. The number of ether oxygens (including phenoxy) is 2. The maximum Gasteiger partial charge on any atom is 0.241 e. The molecule has 1 N–H and O–H groups in total. The van der Waals surface area contributed by atoms with E-state index in [1.807, 2.05) is 42.7 Å². The van der Waals surface area contributed by atoms with E-state index >= 15 is 0 Å². The Kier molecular flexibility index (Phi) is 5.39. The van der Waals surface area contributed by atoms with E-state index in [0.29, 0.717) is 19.0 Å². The first-order chi connectivity index (χ1) is 15.8. The molecule has 0 fully saturated rings. The van der Waals surface area contributed by atoms with Gasteiger partial charge in [0.25, 0.3) is 0 Å². The van der Waals surface area contributed by atoms with Gasteiger partial charge >= 0.3 is 0 Å². The quantitative estimate of drug-likeness (QED) is 0.406. The molecule has 5 rings (SSSR count). The average Bonchev–Trinajstić information content (AvgIpc) is 3.26. The lowest BCUT2D eigenvalue weighted by Gasteiger charge is -2.11. The van der Waals surface area contributed by atoms with E-state index in [1.54, 1.807) is 14.2 Å². The van der Waals surface area contributed by atoms with Gasteiger partial charge in [-0.2, -0.15) is 0 Å². The van der Waals surface area contributed by atoms with Gasteiger partial charge in [0.1, 0.15) is 6.33 Å². The van der Waals surface area contributed by atoms with Crippen LogP contribution in [0.2, 0.25) is 0 Å². The Morgan fingerprint density at radius 1 is 0.906 bits per heavy atom. The molecule has 0 spiro atoms. The fraction of sp³-hybridized carbons (Fsp3) is 0.160. The number of anilines is 1. The number of hydrogen-bond acceptors (Lipinski definition) is 6. The first-order valence-corrected chi connectivity index (χ1v) is 10.3. The molecule has 0 aliphatic rings. The number of aromatic nitrogens is 4. The van der Waals surface area contributed by atoms with Crippen LogP contribution >= 0.6 is 0 Å². The van der Waals surface area contributed by atoms with E-state index in [0.717, 1.165) is 44.4 Å². The Hall–Kier alpha value is -3.97. The van der Waals surface area contributed by atoms with Crippen molar-refractivity contribution in [1.82, 2.24) is 19.7 Å². The van der Waals surface area contributed by atoms with Crippen LogP contribution in [0.15, 0.2) is 73.1 Å². The highest BCUT2D eigenvalue weighted by molar-refractivity contribution is 5.94. The topological polar surface area (TPSA) is 74.1 Å².